The Morgan fingerprint density at radius 1 is 1.09 bits per heavy atom. The Bertz CT molecular complexity index is 1440. The van der Waals surface area contributed by atoms with E-state index in [-0.39, 0.29) is 24.0 Å². The third kappa shape index (κ3) is 7.86. The number of aromatic nitrogens is 1. The van der Waals surface area contributed by atoms with Gasteiger partial charge >= 0.3 is 0 Å². The Hall–Kier alpha value is -3.71. The number of rotatable bonds is 4. The van der Waals surface area contributed by atoms with Gasteiger partial charge in [0.05, 0.1) is 39.1 Å². The van der Waals surface area contributed by atoms with Crippen LogP contribution in [0.1, 0.15) is 40.1 Å². The lowest BCUT2D eigenvalue weighted by atomic mass is 10.0. The molecule has 1 aromatic heterocycles. The van der Waals surface area contributed by atoms with Gasteiger partial charge in [0.1, 0.15) is 17.2 Å². The van der Waals surface area contributed by atoms with Gasteiger partial charge in [0, 0.05) is 68.4 Å². The van der Waals surface area contributed by atoms with E-state index in [0.29, 0.717) is 55.4 Å². The van der Waals surface area contributed by atoms with Crippen molar-refractivity contribution in [2.45, 2.75) is 44.6 Å². The van der Waals surface area contributed by atoms with Gasteiger partial charge in [-0.25, -0.2) is 4.98 Å². The molecular formula is C32H39N5O6S. The lowest BCUT2D eigenvalue weighted by Gasteiger charge is -2.38. The number of fused-ring (bicyclic) bond motifs is 5. The summed E-state index contributed by atoms with van der Waals surface area (Å²) in [6, 6.07) is 12.6. The standard InChI is InChI=1S/C32H39N5O6S/c1-40-25-15-23-16-26(17-25)43-24-5-2-4-22(14-24)21-42-29-7-9-36(20-28(29)35-30(38)6-3-8-33-31(23)39)19-27-18-34-32(44-27)37-10-12-41-13-11-37/h2,4-5,14-18,28-29H,3,6-13,19-21H2,1H3,(H,33,39)(H,35,38)/t28-,29-/m0/s1. The molecule has 0 spiro atoms. The summed E-state index contributed by atoms with van der Waals surface area (Å²) in [5, 5.41) is 7.19. The number of methoxy groups -OCH3 is 1. The fourth-order valence-corrected chi connectivity index (χ4v) is 6.72. The van der Waals surface area contributed by atoms with Crippen molar-refractivity contribution in [2.24, 2.45) is 0 Å². The van der Waals surface area contributed by atoms with E-state index in [1.54, 1.807) is 36.6 Å². The molecule has 2 aromatic carbocycles. The summed E-state index contributed by atoms with van der Waals surface area (Å²) in [5.74, 6) is 1.35. The third-order valence-corrected chi connectivity index (χ3v) is 9.07. The van der Waals surface area contributed by atoms with Gasteiger partial charge in [-0.05, 0) is 42.7 Å². The zero-order valence-corrected chi connectivity index (χ0v) is 25.8. The predicted molar refractivity (Wildman–Crippen MR) is 167 cm³/mol. The zero-order valence-electron chi connectivity index (χ0n) is 25.0. The van der Waals surface area contributed by atoms with Crippen LogP contribution >= 0.6 is 11.3 Å². The van der Waals surface area contributed by atoms with Crippen molar-refractivity contribution < 1.29 is 28.5 Å². The van der Waals surface area contributed by atoms with Crippen molar-refractivity contribution in [3.05, 3.63) is 64.7 Å². The zero-order chi connectivity index (χ0) is 30.3. The number of benzene rings is 2. The van der Waals surface area contributed by atoms with Crippen LogP contribution in [0.3, 0.4) is 0 Å². The molecule has 0 unspecified atom stereocenters. The maximum absolute atomic E-state index is 13.1. The average molecular weight is 622 g/mol. The second kappa shape index (κ2) is 14.4. The summed E-state index contributed by atoms with van der Waals surface area (Å²) in [5.41, 5.74) is 1.38. The highest BCUT2D eigenvalue weighted by molar-refractivity contribution is 7.15. The van der Waals surface area contributed by atoms with Crippen molar-refractivity contribution >= 4 is 28.3 Å². The number of anilines is 1. The highest BCUT2D eigenvalue weighted by Crippen LogP contribution is 2.29. The number of nitrogens with zero attached hydrogens (tertiary/aromatic N) is 3. The first kappa shape index (κ1) is 30.3. The number of morpholine rings is 1. The van der Waals surface area contributed by atoms with Gasteiger partial charge < -0.3 is 34.5 Å². The van der Waals surface area contributed by atoms with Crippen LogP contribution in [-0.4, -0.2) is 86.9 Å². The summed E-state index contributed by atoms with van der Waals surface area (Å²) < 4.78 is 23.5. The molecule has 44 heavy (non-hydrogen) atoms. The summed E-state index contributed by atoms with van der Waals surface area (Å²) in [6.07, 6.45) is 3.44. The number of amides is 2. The normalized spacial score (nSPS) is 22.1. The molecule has 11 nitrogen and oxygen atoms in total. The monoisotopic (exact) mass is 621 g/mol. The lowest BCUT2D eigenvalue weighted by molar-refractivity contribution is -0.124. The van der Waals surface area contributed by atoms with Gasteiger partial charge in [0.25, 0.3) is 5.91 Å². The van der Waals surface area contributed by atoms with Crippen LogP contribution < -0.4 is 25.0 Å². The molecule has 4 bridgehead atoms. The first-order valence-electron chi connectivity index (χ1n) is 15.2. The molecule has 6 rings (SSSR count). The van der Waals surface area contributed by atoms with Crippen molar-refractivity contribution in [3.63, 3.8) is 0 Å². The summed E-state index contributed by atoms with van der Waals surface area (Å²) >= 11 is 1.72. The van der Waals surface area contributed by atoms with Gasteiger partial charge in [0.2, 0.25) is 5.91 Å². The Kier molecular flexibility index (Phi) is 9.91. The molecule has 3 aromatic rings. The maximum Gasteiger partial charge on any atom is 0.251 e. The Labute approximate surface area is 261 Å². The molecule has 12 heteroatoms. The summed E-state index contributed by atoms with van der Waals surface area (Å²) in [4.78, 5) is 36.5. The molecule has 2 N–H and O–H groups in total. The van der Waals surface area contributed by atoms with Crippen LogP contribution in [0.5, 0.6) is 17.2 Å². The van der Waals surface area contributed by atoms with E-state index < -0.39 is 0 Å². The van der Waals surface area contributed by atoms with E-state index in [2.05, 4.69) is 25.4 Å². The number of thiazole rings is 1. The Balaban J connectivity index is 1.15. The molecule has 4 heterocycles. The quantitative estimate of drug-likeness (QED) is 0.451. The van der Waals surface area contributed by atoms with Crippen LogP contribution in [0.4, 0.5) is 5.13 Å². The Morgan fingerprint density at radius 3 is 2.84 bits per heavy atom. The molecule has 234 valence electrons. The second-order valence-electron chi connectivity index (χ2n) is 11.3. The van der Waals surface area contributed by atoms with Gasteiger partial charge in [-0.3, -0.25) is 14.5 Å². The number of hydrogen-bond acceptors (Lipinski definition) is 10. The van der Waals surface area contributed by atoms with Crippen LogP contribution in [-0.2, 0) is 27.4 Å². The van der Waals surface area contributed by atoms with Gasteiger partial charge in [-0.2, -0.15) is 0 Å². The Morgan fingerprint density at radius 2 is 1.98 bits per heavy atom. The van der Waals surface area contributed by atoms with Crippen molar-refractivity contribution in [2.75, 3.05) is 57.9 Å². The fourth-order valence-electron chi connectivity index (χ4n) is 5.72. The molecule has 3 aliphatic heterocycles. The minimum atomic E-state index is -0.250. The first-order chi connectivity index (χ1) is 21.5. The number of carbonyl (C=O) groups is 2. The first-order valence-corrected chi connectivity index (χ1v) is 16.0. The van der Waals surface area contributed by atoms with E-state index in [4.69, 9.17) is 18.9 Å². The van der Waals surface area contributed by atoms with Crippen LogP contribution in [0, 0.1) is 0 Å². The number of hydrogen-bond donors (Lipinski definition) is 2. The minimum absolute atomic E-state index is 0.0488. The van der Waals surface area contributed by atoms with Gasteiger partial charge in [-0.15, -0.1) is 11.3 Å². The minimum Gasteiger partial charge on any atom is -0.497 e. The van der Waals surface area contributed by atoms with Crippen LogP contribution in [0.15, 0.2) is 48.7 Å². The van der Waals surface area contributed by atoms with E-state index >= 15 is 0 Å². The molecule has 2 amide bonds. The molecule has 2 saturated heterocycles. The summed E-state index contributed by atoms with van der Waals surface area (Å²) in [7, 11) is 1.55. The topological polar surface area (TPSA) is 114 Å². The third-order valence-electron chi connectivity index (χ3n) is 8.02. The van der Waals surface area contributed by atoms with E-state index in [0.717, 1.165) is 56.5 Å². The largest absolute Gasteiger partial charge is 0.497 e. The molecular weight excluding hydrogens is 582 g/mol. The van der Waals surface area contributed by atoms with Crippen molar-refractivity contribution in [3.8, 4) is 17.2 Å². The smallest absolute Gasteiger partial charge is 0.251 e. The van der Waals surface area contributed by atoms with Gasteiger partial charge in [0.15, 0.2) is 5.13 Å². The lowest BCUT2D eigenvalue weighted by Crippen LogP contribution is -2.55. The SMILES string of the molecule is COc1cc2cc(c1)C(=O)NCCCC(=O)N[C@H]1CN(Cc3cnc(N4CCOCC4)s3)CC[C@@H]1OCc1cccc(c1)O2. The number of ether oxygens (including phenoxy) is 4. The number of likely N-dealkylation sites (tertiary alicyclic amines) is 1. The summed E-state index contributed by atoms with van der Waals surface area (Å²) in [6.45, 7) is 6.26. The van der Waals surface area contributed by atoms with Gasteiger partial charge in [-0.1, -0.05) is 12.1 Å². The molecule has 0 saturated carbocycles. The second-order valence-corrected chi connectivity index (χ2v) is 12.4. The van der Waals surface area contributed by atoms with Crippen molar-refractivity contribution in [1.29, 1.82) is 0 Å². The highest BCUT2D eigenvalue weighted by Gasteiger charge is 2.32. The van der Waals surface area contributed by atoms with Crippen molar-refractivity contribution in [1.82, 2.24) is 20.5 Å². The molecule has 2 fully saturated rings. The molecule has 3 aliphatic rings. The highest BCUT2D eigenvalue weighted by atomic mass is 32.1. The van der Waals surface area contributed by atoms with Crippen LogP contribution in [0.2, 0.25) is 0 Å². The number of carbonyl (C=O) groups excluding carboxylic acids is 2. The molecule has 2 atom stereocenters. The van der Waals surface area contributed by atoms with E-state index in [1.807, 2.05) is 30.5 Å². The number of piperidine rings is 1. The predicted octanol–water partition coefficient (Wildman–Crippen LogP) is 3.58. The molecule has 0 radical (unpaired) electrons. The average Bonchev–Trinajstić information content (AvgIpc) is 3.51. The number of nitrogens with one attached hydrogen (secondary N) is 2. The van der Waals surface area contributed by atoms with E-state index in [9.17, 15) is 9.59 Å². The maximum atomic E-state index is 13.1. The van der Waals surface area contributed by atoms with Crippen LogP contribution in [0.25, 0.3) is 0 Å². The fraction of sp³-hybridized carbons (Fsp3) is 0.469. The van der Waals surface area contributed by atoms with E-state index in [1.165, 1.54) is 4.88 Å². The molecule has 0 aliphatic carbocycles.